The van der Waals surface area contributed by atoms with Crippen LogP contribution < -0.4 is 15.4 Å². The third-order valence-electron chi connectivity index (χ3n) is 2.82. The fourth-order valence-electron chi connectivity index (χ4n) is 1.85. The lowest BCUT2D eigenvalue weighted by molar-refractivity contribution is 0.411. The van der Waals surface area contributed by atoms with Crippen molar-refractivity contribution in [2.45, 2.75) is 20.3 Å². The van der Waals surface area contributed by atoms with Gasteiger partial charge in [0.25, 0.3) is 0 Å². The topological polar surface area (TPSA) is 38.5 Å². The van der Waals surface area contributed by atoms with Gasteiger partial charge in [-0.3, -0.25) is 0 Å². The van der Waals surface area contributed by atoms with E-state index in [-0.39, 0.29) is 0 Å². The summed E-state index contributed by atoms with van der Waals surface area (Å²) >= 11 is 0. The summed E-state index contributed by atoms with van der Waals surface area (Å²) in [4.78, 5) is 2.24. The lowest BCUT2D eigenvalue weighted by Gasteiger charge is -2.22. The molecule has 0 aliphatic carbocycles. The number of nitrogens with two attached hydrogens (primary N) is 1. The quantitative estimate of drug-likeness (QED) is 0.829. The van der Waals surface area contributed by atoms with Gasteiger partial charge in [-0.1, -0.05) is 0 Å². The van der Waals surface area contributed by atoms with E-state index in [9.17, 15) is 0 Å². The van der Waals surface area contributed by atoms with Gasteiger partial charge < -0.3 is 15.4 Å². The Morgan fingerprint density at radius 2 is 1.94 bits per heavy atom. The fraction of sp³-hybridized carbons (Fsp3) is 0.538. The van der Waals surface area contributed by atoms with Crippen LogP contribution in [0.15, 0.2) is 12.1 Å². The molecule has 1 rings (SSSR count). The van der Waals surface area contributed by atoms with Gasteiger partial charge >= 0.3 is 0 Å². The predicted molar refractivity (Wildman–Crippen MR) is 69.4 cm³/mol. The molecule has 0 unspecified atom stereocenters. The first-order chi connectivity index (χ1) is 7.60. The van der Waals surface area contributed by atoms with Crippen LogP contribution in [-0.2, 0) is 0 Å². The molecular weight excluding hydrogens is 200 g/mol. The molecule has 1 aromatic rings. The summed E-state index contributed by atoms with van der Waals surface area (Å²) in [5, 5.41) is 0. The number of methoxy groups -OCH3 is 1. The minimum Gasteiger partial charge on any atom is -0.496 e. The molecule has 0 fully saturated rings. The van der Waals surface area contributed by atoms with Crippen molar-refractivity contribution in [1.82, 2.24) is 0 Å². The molecule has 90 valence electrons. The van der Waals surface area contributed by atoms with E-state index in [1.54, 1.807) is 7.11 Å². The Balaban J connectivity index is 2.92. The smallest absolute Gasteiger partial charge is 0.122 e. The second kappa shape index (κ2) is 5.75. The first-order valence-corrected chi connectivity index (χ1v) is 5.66. The van der Waals surface area contributed by atoms with Crippen molar-refractivity contribution >= 4 is 5.69 Å². The normalized spacial score (nSPS) is 10.3. The maximum Gasteiger partial charge on any atom is 0.122 e. The summed E-state index contributed by atoms with van der Waals surface area (Å²) in [6.45, 7) is 5.90. The van der Waals surface area contributed by atoms with Crippen molar-refractivity contribution in [2.24, 2.45) is 5.73 Å². The monoisotopic (exact) mass is 222 g/mol. The van der Waals surface area contributed by atoms with E-state index in [1.807, 2.05) is 0 Å². The highest BCUT2D eigenvalue weighted by molar-refractivity contribution is 5.58. The van der Waals surface area contributed by atoms with Crippen molar-refractivity contribution in [2.75, 3.05) is 32.1 Å². The van der Waals surface area contributed by atoms with E-state index in [1.165, 1.54) is 16.8 Å². The summed E-state index contributed by atoms with van der Waals surface area (Å²) in [6, 6.07) is 4.26. The summed E-state index contributed by atoms with van der Waals surface area (Å²) < 4.78 is 5.30. The van der Waals surface area contributed by atoms with E-state index in [0.717, 1.165) is 25.3 Å². The standard InChI is InChI=1S/C13H22N2O/c1-10-9-13(16-4)11(2)8-12(10)15(3)7-5-6-14/h8-9H,5-7,14H2,1-4H3. The molecule has 0 radical (unpaired) electrons. The van der Waals surface area contributed by atoms with Crippen molar-refractivity contribution in [1.29, 1.82) is 0 Å². The average Bonchev–Trinajstić information content (AvgIpc) is 2.28. The van der Waals surface area contributed by atoms with Crippen LogP contribution in [0.5, 0.6) is 5.75 Å². The fourth-order valence-corrected chi connectivity index (χ4v) is 1.85. The summed E-state index contributed by atoms with van der Waals surface area (Å²) in [5.41, 5.74) is 9.19. The highest BCUT2D eigenvalue weighted by Gasteiger charge is 2.08. The van der Waals surface area contributed by atoms with Crippen molar-refractivity contribution < 1.29 is 4.74 Å². The van der Waals surface area contributed by atoms with E-state index < -0.39 is 0 Å². The van der Waals surface area contributed by atoms with E-state index in [4.69, 9.17) is 10.5 Å². The lowest BCUT2D eigenvalue weighted by atomic mass is 10.1. The molecule has 0 heterocycles. The van der Waals surface area contributed by atoms with Crippen molar-refractivity contribution in [3.63, 3.8) is 0 Å². The molecule has 3 nitrogen and oxygen atoms in total. The number of ether oxygens (including phenoxy) is 1. The van der Waals surface area contributed by atoms with Crippen LogP contribution in [0.2, 0.25) is 0 Å². The van der Waals surface area contributed by atoms with Crippen LogP contribution in [0.25, 0.3) is 0 Å². The number of hydrogen-bond acceptors (Lipinski definition) is 3. The molecule has 0 saturated carbocycles. The zero-order valence-electron chi connectivity index (χ0n) is 10.7. The third-order valence-corrected chi connectivity index (χ3v) is 2.82. The minimum atomic E-state index is 0.735. The van der Waals surface area contributed by atoms with Crippen LogP contribution in [0.3, 0.4) is 0 Å². The molecule has 0 aromatic heterocycles. The van der Waals surface area contributed by atoms with E-state index >= 15 is 0 Å². The molecule has 1 aromatic carbocycles. The van der Waals surface area contributed by atoms with Crippen LogP contribution in [-0.4, -0.2) is 27.2 Å². The molecule has 0 amide bonds. The van der Waals surface area contributed by atoms with Crippen LogP contribution in [0.1, 0.15) is 17.5 Å². The number of nitrogens with zero attached hydrogens (tertiary/aromatic N) is 1. The number of hydrogen-bond donors (Lipinski definition) is 1. The summed E-state index contributed by atoms with van der Waals surface area (Å²) in [7, 11) is 3.81. The second-order valence-electron chi connectivity index (χ2n) is 4.17. The minimum absolute atomic E-state index is 0.735. The second-order valence-corrected chi connectivity index (χ2v) is 4.17. The highest BCUT2D eigenvalue weighted by Crippen LogP contribution is 2.27. The van der Waals surface area contributed by atoms with Crippen LogP contribution >= 0.6 is 0 Å². The van der Waals surface area contributed by atoms with Gasteiger partial charge in [-0.05, 0) is 50.1 Å². The Bertz CT molecular complexity index is 350. The molecule has 0 atom stereocenters. The number of anilines is 1. The Kier molecular flexibility index (Phi) is 4.62. The van der Waals surface area contributed by atoms with Gasteiger partial charge in [-0.15, -0.1) is 0 Å². The largest absolute Gasteiger partial charge is 0.496 e. The van der Waals surface area contributed by atoms with Gasteiger partial charge in [-0.2, -0.15) is 0 Å². The van der Waals surface area contributed by atoms with Crippen LogP contribution in [0, 0.1) is 13.8 Å². The van der Waals surface area contributed by atoms with Crippen molar-refractivity contribution in [3.05, 3.63) is 23.3 Å². The molecule has 2 N–H and O–H groups in total. The maximum atomic E-state index is 5.52. The first-order valence-electron chi connectivity index (χ1n) is 5.66. The third kappa shape index (κ3) is 2.89. The Labute approximate surface area is 98.2 Å². The van der Waals surface area contributed by atoms with Gasteiger partial charge in [0.05, 0.1) is 7.11 Å². The molecule has 16 heavy (non-hydrogen) atoms. The molecule has 0 aliphatic heterocycles. The Hall–Kier alpha value is -1.22. The molecule has 3 heteroatoms. The molecule has 0 spiro atoms. The number of aryl methyl sites for hydroxylation is 2. The van der Waals surface area contributed by atoms with Crippen LogP contribution in [0.4, 0.5) is 5.69 Å². The zero-order valence-corrected chi connectivity index (χ0v) is 10.7. The molecular formula is C13H22N2O. The molecule has 0 aliphatic rings. The van der Waals surface area contributed by atoms with E-state index in [2.05, 4.69) is 37.9 Å². The number of rotatable bonds is 5. The Morgan fingerprint density at radius 3 is 2.50 bits per heavy atom. The maximum absolute atomic E-state index is 5.52. The summed E-state index contributed by atoms with van der Waals surface area (Å²) in [5.74, 6) is 0.952. The average molecular weight is 222 g/mol. The van der Waals surface area contributed by atoms with Gasteiger partial charge in [0.1, 0.15) is 5.75 Å². The van der Waals surface area contributed by atoms with Gasteiger partial charge in [0.15, 0.2) is 0 Å². The SMILES string of the molecule is COc1cc(C)c(N(C)CCCN)cc1C. The van der Waals surface area contributed by atoms with Gasteiger partial charge in [0.2, 0.25) is 0 Å². The van der Waals surface area contributed by atoms with Gasteiger partial charge in [-0.25, -0.2) is 0 Å². The first kappa shape index (κ1) is 12.8. The molecule has 0 saturated heterocycles. The van der Waals surface area contributed by atoms with Gasteiger partial charge in [0, 0.05) is 19.3 Å². The predicted octanol–water partition coefficient (Wildman–Crippen LogP) is 2.10. The highest BCUT2D eigenvalue weighted by atomic mass is 16.5. The lowest BCUT2D eigenvalue weighted by Crippen LogP contribution is -2.21. The molecule has 0 bridgehead atoms. The van der Waals surface area contributed by atoms with E-state index in [0.29, 0.717) is 0 Å². The Morgan fingerprint density at radius 1 is 1.25 bits per heavy atom. The zero-order chi connectivity index (χ0) is 12.1. The summed E-state index contributed by atoms with van der Waals surface area (Å²) in [6.07, 6.45) is 1.01. The van der Waals surface area contributed by atoms with Crippen molar-refractivity contribution in [3.8, 4) is 5.75 Å². The number of benzene rings is 1.